The number of hydrogen-bond acceptors (Lipinski definition) is 4. The van der Waals surface area contributed by atoms with Crippen molar-refractivity contribution in [3.05, 3.63) is 88.8 Å². The number of pyridine rings is 1. The number of aryl methyl sites for hydroxylation is 1. The Labute approximate surface area is 156 Å². The molecule has 0 radical (unpaired) electrons. The van der Waals surface area contributed by atoms with Crippen LogP contribution in [0, 0.1) is 19.7 Å². The van der Waals surface area contributed by atoms with E-state index in [1.807, 2.05) is 18.4 Å². The van der Waals surface area contributed by atoms with Gasteiger partial charge < -0.3 is 9.30 Å². The summed E-state index contributed by atoms with van der Waals surface area (Å²) in [6.45, 7) is 3.93. The largest absolute Gasteiger partial charge is 0.454 e. The minimum atomic E-state index is -0.587. The number of ether oxygens (including phenoxy) is 1. The molecule has 0 aliphatic carbocycles. The lowest BCUT2D eigenvalue weighted by atomic mass is 10.1. The van der Waals surface area contributed by atoms with Crippen LogP contribution in [0.1, 0.15) is 37.7 Å². The van der Waals surface area contributed by atoms with Crippen LogP contribution in [0.25, 0.3) is 0 Å². The fraction of sp³-hybridized carbons (Fsp3) is 0.190. The minimum absolute atomic E-state index is 0.273. The predicted octanol–water partition coefficient (Wildman–Crippen LogP) is 3.73. The molecule has 0 spiro atoms. The zero-order valence-corrected chi connectivity index (χ0v) is 15.1. The molecule has 6 heteroatoms. The molecule has 2 heterocycles. The second-order valence-corrected chi connectivity index (χ2v) is 6.24. The number of hydrogen-bond donors (Lipinski definition) is 0. The molecule has 0 aliphatic rings. The van der Waals surface area contributed by atoms with Crippen molar-refractivity contribution in [3.63, 3.8) is 0 Å². The van der Waals surface area contributed by atoms with Crippen molar-refractivity contribution < 1.29 is 18.7 Å². The van der Waals surface area contributed by atoms with Gasteiger partial charge in [0.15, 0.2) is 6.61 Å². The van der Waals surface area contributed by atoms with Gasteiger partial charge >= 0.3 is 5.97 Å². The summed E-state index contributed by atoms with van der Waals surface area (Å²) in [5, 5.41) is 0. The number of rotatable bonds is 6. The molecule has 0 atom stereocenters. The molecule has 1 aromatic carbocycles. The van der Waals surface area contributed by atoms with Crippen LogP contribution in [0.4, 0.5) is 4.39 Å². The van der Waals surface area contributed by atoms with Crippen molar-refractivity contribution in [2.45, 2.75) is 20.4 Å². The quantitative estimate of drug-likeness (QED) is 0.493. The minimum Gasteiger partial charge on any atom is -0.454 e. The van der Waals surface area contributed by atoms with Gasteiger partial charge in [-0.2, -0.15) is 0 Å². The first-order chi connectivity index (χ1) is 13.0. The summed E-state index contributed by atoms with van der Waals surface area (Å²) in [6, 6.07) is 11.2. The Morgan fingerprint density at radius 3 is 2.56 bits per heavy atom. The summed E-state index contributed by atoms with van der Waals surface area (Å²) >= 11 is 0. The van der Waals surface area contributed by atoms with Crippen molar-refractivity contribution in [2.24, 2.45) is 0 Å². The fourth-order valence-corrected chi connectivity index (χ4v) is 2.87. The maximum absolute atomic E-state index is 13.1. The van der Waals surface area contributed by atoms with E-state index in [2.05, 4.69) is 4.98 Å². The van der Waals surface area contributed by atoms with E-state index < -0.39 is 5.97 Å². The Bertz CT molecular complexity index is 963. The van der Waals surface area contributed by atoms with E-state index >= 15 is 0 Å². The predicted molar refractivity (Wildman–Crippen MR) is 98.3 cm³/mol. The van der Waals surface area contributed by atoms with Gasteiger partial charge in [-0.15, -0.1) is 0 Å². The van der Waals surface area contributed by atoms with Crippen molar-refractivity contribution in [1.82, 2.24) is 9.55 Å². The van der Waals surface area contributed by atoms with Gasteiger partial charge in [-0.25, -0.2) is 9.18 Å². The van der Waals surface area contributed by atoms with E-state index in [-0.39, 0.29) is 18.2 Å². The topological polar surface area (TPSA) is 61.2 Å². The summed E-state index contributed by atoms with van der Waals surface area (Å²) in [5.41, 5.74) is 3.42. The van der Waals surface area contributed by atoms with Gasteiger partial charge in [-0.05, 0) is 49.7 Å². The zero-order valence-electron chi connectivity index (χ0n) is 15.1. The van der Waals surface area contributed by atoms with Crippen LogP contribution >= 0.6 is 0 Å². The third-order valence-corrected chi connectivity index (χ3v) is 4.36. The van der Waals surface area contributed by atoms with E-state index in [4.69, 9.17) is 4.74 Å². The Morgan fingerprint density at radius 1 is 1.15 bits per heavy atom. The second-order valence-electron chi connectivity index (χ2n) is 6.24. The van der Waals surface area contributed by atoms with Gasteiger partial charge in [0.1, 0.15) is 5.82 Å². The number of nitrogens with zero attached hydrogens (tertiary/aromatic N) is 2. The molecule has 0 fully saturated rings. The van der Waals surface area contributed by atoms with Crippen molar-refractivity contribution in [2.75, 3.05) is 6.61 Å². The van der Waals surface area contributed by atoms with Gasteiger partial charge in [0.25, 0.3) is 0 Å². The number of aromatic nitrogens is 2. The number of ketones is 1. The summed E-state index contributed by atoms with van der Waals surface area (Å²) in [7, 11) is 0. The van der Waals surface area contributed by atoms with E-state index in [0.717, 1.165) is 17.0 Å². The van der Waals surface area contributed by atoms with E-state index in [1.54, 1.807) is 36.5 Å². The normalized spacial score (nSPS) is 10.6. The number of carbonyl (C=O) groups is 2. The average Bonchev–Trinajstić information content (AvgIpc) is 2.96. The van der Waals surface area contributed by atoms with Gasteiger partial charge in [-0.3, -0.25) is 9.78 Å². The lowest BCUT2D eigenvalue weighted by Gasteiger charge is -2.10. The van der Waals surface area contributed by atoms with Crippen LogP contribution in [0.15, 0.2) is 54.9 Å². The Morgan fingerprint density at radius 2 is 1.89 bits per heavy atom. The van der Waals surface area contributed by atoms with Crippen LogP contribution < -0.4 is 0 Å². The van der Waals surface area contributed by atoms with Crippen molar-refractivity contribution in [1.29, 1.82) is 0 Å². The van der Waals surface area contributed by atoms with Gasteiger partial charge in [0.05, 0.1) is 5.56 Å². The molecule has 5 nitrogen and oxygen atoms in total. The molecule has 0 saturated carbocycles. The zero-order chi connectivity index (χ0) is 19.4. The standard InChI is InChI=1S/C21H19FN2O3/c1-14-10-19(15(2)24(14)12-16-5-7-18(22)8-6-16)20(25)13-27-21(26)17-4-3-9-23-11-17/h3-11H,12-13H2,1-2H3. The van der Waals surface area contributed by atoms with Crippen LogP contribution in [0.3, 0.4) is 0 Å². The number of halogens is 1. The lowest BCUT2D eigenvalue weighted by molar-refractivity contribution is 0.0474. The molecule has 27 heavy (non-hydrogen) atoms. The molecule has 0 amide bonds. The average molecular weight is 366 g/mol. The van der Waals surface area contributed by atoms with E-state index in [0.29, 0.717) is 17.7 Å². The maximum atomic E-state index is 13.1. The summed E-state index contributed by atoms with van der Waals surface area (Å²) in [6.07, 6.45) is 2.94. The highest BCUT2D eigenvalue weighted by Gasteiger charge is 2.18. The molecule has 2 aromatic heterocycles. The molecule has 0 aliphatic heterocycles. The first-order valence-corrected chi connectivity index (χ1v) is 8.47. The lowest BCUT2D eigenvalue weighted by Crippen LogP contribution is -2.15. The molecule has 0 bridgehead atoms. The number of Topliss-reactive ketones (excluding diaryl/α,β-unsaturated/α-hetero) is 1. The molecular formula is C21H19FN2O3. The third-order valence-electron chi connectivity index (χ3n) is 4.36. The van der Waals surface area contributed by atoms with Crippen LogP contribution in [0.5, 0.6) is 0 Å². The first kappa shape index (κ1) is 18.5. The Hall–Kier alpha value is -3.28. The summed E-state index contributed by atoms with van der Waals surface area (Å²) in [5.74, 6) is -1.15. The van der Waals surface area contributed by atoms with Gasteiger partial charge in [0.2, 0.25) is 5.78 Å². The van der Waals surface area contributed by atoms with Crippen LogP contribution in [-0.2, 0) is 11.3 Å². The monoisotopic (exact) mass is 366 g/mol. The summed E-state index contributed by atoms with van der Waals surface area (Å²) < 4.78 is 20.1. The highest BCUT2D eigenvalue weighted by molar-refractivity contribution is 6.00. The molecule has 0 saturated heterocycles. The second kappa shape index (κ2) is 7.95. The van der Waals surface area contributed by atoms with Gasteiger partial charge in [0, 0.05) is 35.9 Å². The van der Waals surface area contributed by atoms with Crippen molar-refractivity contribution in [3.8, 4) is 0 Å². The molecule has 138 valence electrons. The number of carbonyl (C=O) groups excluding carboxylic acids is 2. The third kappa shape index (κ3) is 4.28. The smallest absolute Gasteiger partial charge is 0.340 e. The summed E-state index contributed by atoms with van der Waals surface area (Å²) in [4.78, 5) is 28.3. The Kier molecular flexibility index (Phi) is 5.45. The highest BCUT2D eigenvalue weighted by Crippen LogP contribution is 2.18. The van der Waals surface area contributed by atoms with Gasteiger partial charge in [-0.1, -0.05) is 12.1 Å². The highest BCUT2D eigenvalue weighted by atomic mass is 19.1. The molecule has 0 unspecified atom stereocenters. The van der Waals surface area contributed by atoms with E-state index in [9.17, 15) is 14.0 Å². The Balaban J connectivity index is 1.70. The molecule has 0 N–H and O–H groups in total. The molecular weight excluding hydrogens is 347 g/mol. The van der Waals surface area contributed by atoms with Crippen molar-refractivity contribution >= 4 is 11.8 Å². The van der Waals surface area contributed by atoms with Crippen LogP contribution in [0.2, 0.25) is 0 Å². The fourth-order valence-electron chi connectivity index (χ4n) is 2.87. The van der Waals surface area contributed by atoms with E-state index in [1.165, 1.54) is 18.3 Å². The molecule has 3 rings (SSSR count). The SMILES string of the molecule is Cc1cc(C(=O)COC(=O)c2cccnc2)c(C)n1Cc1ccc(F)cc1. The van der Waals surface area contributed by atoms with Crippen LogP contribution in [-0.4, -0.2) is 27.9 Å². The maximum Gasteiger partial charge on any atom is 0.340 e. The molecule has 3 aromatic rings. The number of benzene rings is 1. The number of esters is 1. The first-order valence-electron chi connectivity index (χ1n) is 8.47.